The van der Waals surface area contributed by atoms with Crippen LogP contribution >= 0.6 is 0 Å². The maximum Gasteiger partial charge on any atom is 0.246 e. The Kier molecular flexibility index (Phi) is 2.58. The first-order valence-electron chi connectivity index (χ1n) is 4.69. The van der Waals surface area contributed by atoms with E-state index in [4.69, 9.17) is 15.5 Å². The Morgan fingerprint density at radius 2 is 2.06 bits per heavy atom. The summed E-state index contributed by atoms with van der Waals surface area (Å²) in [5, 5.41) is 8.79. The molecule has 0 saturated carbocycles. The van der Waals surface area contributed by atoms with E-state index < -0.39 is 0 Å². The molecule has 0 amide bonds. The van der Waals surface area contributed by atoms with Gasteiger partial charge in [-0.05, 0) is 19.1 Å². The van der Waals surface area contributed by atoms with Crippen LogP contribution < -0.4 is 11.3 Å². The van der Waals surface area contributed by atoms with Gasteiger partial charge in [-0.1, -0.05) is 17.7 Å². The van der Waals surface area contributed by atoms with E-state index in [2.05, 4.69) is 10.4 Å². The number of nitrogen functional groups attached to an aromatic ring is 1. The number of hydrogen-bond acceptors (Lipinski definition) is 5. The number of aryl methyl sites for hydroxylation is 1. The molecule has 1 aromatic heterocycles. The molecule has 0 radical (unpaired) electrons. The molecule has 80 valence electrons. The topological polar surface area (TPSA) is 87.9 Å². The summed E-state index contributed by atoms with van der Waals surface area (Å²) in [6, 6.07) is 9.55. The summed E-state index contributed by atoms with van der Waals surface area (Å²) < 4.78 is 5.31. The molecular weight excluding hydrogens is 204 g/mol. The van der Waals surface area contributed by atoms with E-state index in [0.717, 1.165) is 11.1 Å². The van der Waals surface area contributed by atoms with Crippen molar-refractivity contribution in [3.63, 3.8) is 0 Å². The summed E-state index contributed by atoms with van der Waals surface area (Å²) in [6.45, 7) is 1.99. The number of oxazole rings is 1. The van der Waals surface area contributed by atoms with Crippen LogP contribution in [0.3, 0.4) is 0 Å². The Labute approximate surface area is 92.5 Å². The van der Waals surface area contributed by atoms with Crippen molar-refractivity contribution in [1.82, 2.24) is 4.98 Å². The summed E-state index contributed by atoms with van der Waals surface area (Å²) in [6.07, 6.45) is 0. The minimum Gasteiger partial charge on any atom is -0.418 e. The summed E-state index contributed by atoms with van der Waals surface area (Å²) >= 11 is 0. The molecular formula is C11H10N4O. The minimum atomic E-state index is 0.151. The van der Waals surface area contributed by atoms with Gasteiger partial charge in [0.25, 0.3) is 0 Å². The van der Waals surface area contributed by atoms with Gasteiger partial charge in [0, 0.05) is 5.56 Å². The van der Waals surface area contributed by atoms with Gasteiger partial charge in [0.15, 0.2) is 0 Å². The van der Waals surface area contributed by atoms with Gasteiger partial charge in [-0.15, -0.1) is 0 Å². The summed E-state index contributed by atoms with van der Waals surface area (Å²) in [5.74, 6) is 5.76. The zero-order chi connectivity index (χ0) is 11.5. The molecule has 0 aliphatic rings. The number of nitrogens with two attached hydrogens (primary N) is 1. The number of nitrogens with one attached hydrogen (secondary N) is 1. The fourth-order valence-electron chi connectivity index (χ4n) is 1.31. The van der Waals surface area contributed by atoms with Crippen molar-refractivity contribution in [2.24, 2.45) is 5.84 Å². The van der Waals surface area contributed by atoms with Crippen molar-refractivity contribution in [3.8, 4) is 17.5 Å². The average molecular weight is 214 g/mol. The lowest BCUT2D eigenvalue weighted by Crippen LogP contribution is -2.06. The van der Waals surface area contributed by atoms with Crippen LogP contribution in [0.15, 0.2) is 28.7 Å². The molecule has 0 aliphatic heterocycles. The molecule has 0 spiro atoms. The first kappa shape index (κ1) is 10.2. The van der Waals surface area contributed by atoms with E-state index in [-0.39, 0.29) is 11.6 Å². The smallest absolute Gasteiger partial charge is 0.246 e. The maximum absolute atomic E-state index is 8.79. The highest BCUT2D eigenvalue weighted by atomic mass is 16.4. The fourth-order valence-corrected chi connectivity index (χ4v) is 1.31. The lowest BCUT2D eigenvalue weighted by Gasteiger charge is -1.95. The van der Waals surface area contributed by atoms with Crippen molar-refractivity contribution >= 4 is 5.88 Å². The Balaban J connectivity index is 2.45. The van der Waals surface area contributed by atoms with E-state index in [1.807, 2.05) is 37.3 Å². The number of aromatic nitrogens is 1. The third-order valence-electron chi connectivity index (χ3n) is 2.16. The summed E-state index contributed by atoms with van der Waals surface area (Å²) in [7, 11) is 0. The predicted octanol–water partition coefficient (Wildman–Crippen LogP) is 1.81. The zero-order valence-electron chi connectivity index (χ0n) is 8.69. The molecule has 16 heavy (non-hydrogen) atoms. The molecule has 0 atom stereocenters. The maximum atomic E-state index is 8.79. The number of nitrogens with zero attached hydrogens (tertiary/aromatic N) is 2. The minimum absolute atomic E-state index is 0.151. The van der Waals surface area contributed by atoms with Gasteiger partial charge in [-0.25, -0.2) is 5.84 Å². The number of hydrazine groups is 1. The normalized spacial score (nSPS) is 9.81. The Bertz CT molecular complexity index is 536. The molecule has 2 rings (SSSR count). The lowest BCUT2D eigenvalue weighted by molar-refractivity contribution is 0.586. The molecule has 5 heteroatoms. The van der Waals surface area contributed by atoms with Crippen LogP contribution in [-0.2, 0) is 0 Å². The molecule has 2 aromatic rings. The second-order valence-electron chi connectivity index (χ2n) is 3.32. The first-order valence-corrected chi connectivity index (χ1v) is 4.69. The highest BCUT2D eigenvalue weighted by Gasteiger charge is 2.12. The lowest BCUT2D eigenvalue weighted by atomic mass is 10.1. The largest absolute Gasteiger partial charge is 0.418 e. The van der Waals surface area contributed by atoms with Crippen LogP contribution in [0.25, 0.3) is 11.5 Å². The number of hydrogen-bond donors (Lipinski definition) is 2. The quantitative estimate of drug-likeness (QED) is 0.588. The Hall–Kier alpha value is -2.32. The van der Waals surface area contributed by atoms with Crippen LogP contribution in [0.2, 0.25) is 0 Å². The van der Waals surface area contributed by atoms with Gasteiger partial charge >= 0.3 is 0 Å². The van der Waals surface area contributed by atoms with Gasteiger partial charge in [-0.3, -0.25) is 5.43 Å². The van der Waals surface area contributed by atoms with E-state index in [9.17, 15) is 0 Å². The molecule has 0 aliphatic carbocycles. The van der Waals surface area contributed by atoms with Gasteiger partial charge in [0.05, 0.1) is 0 Å². The molecule has 0 saturated heterocycles. The van der Waals surface area contributed by atoms with Crippen LogP contribution in [0, 0.1) is 18.3 Å². The monoisotopic (exact) mass is 214 g/mol. The molecule has 0 fully saturated rings. The highest BCUT2D eigenvalue weighted by molar-refractivity contribution is 5.58. The van der Waals surface area contributed by atoms with Crippen molar-refractivity contribution in [2.75, 3.05) is 5.43 Å². The van der Waals surface area contributed by atoms with Crippen LogP contribution in [-0.4, -0.2) is 4.98 Å². The molecule has 1 aromatic carbocycles. The number of nitriles is 1. The number of benzene rings is 1. The van der Waals surface area contributed by atoms with E-state index in [0.29, 0.717) is 5.89 Å². The molecule has 0 unspecified atom stereocenters. The third kappa shape index (κ3) is 1.74. The average Bonchev–Trinajstić information content (AvgIpc) is 2.73. The van der Waals surface area contributed by atoms with Gasteiger partial charge in [-0.2, -0.15) is 10.2 Å². The standard InChI is InChI=1S/C11H10N4O/c1-7-2-4-8(5-3-7)10-14-9(6-12)11(15-13)16-10/h2-5,15H,13H2,1H3. The van der Waals surface area contributed by atoms with Crippen molar-refractivity contribution in [3.05, 3.63) is 35.5 Å². The van der Waals surface area contributed by atoms with E-state index >= 15 is 0 Å². The zero-order valence-corrected chi connectivity index (χ0v) is 8.69. The van der Waals surface area contributed by atoms with Crippen molar-refractivity contribution in [2.45, 2.75) is 6.92 Å². The van der Waals surface area contributed by atoms with Gasteiger partial charge in [0.2, 0.25) is 17.5 Å². The second-order valence-corrected chi connectivity index (χ2v) is 3.32. The third-order valence-corrected chi connectivity index (χ3v) is 2.16. The molecule has 3 N–H and O–H groups in total. The fraction of sp³-hybridized carbons (Fsp3) is 0.0909. The van der Waals surface area contributed by atoms with Crippen LogP contribution in [0.1, 0.15) is 11.3 Å². The van der Waals surface area contributed by atoms with Gasteiger partial charge in [0.1, 0.15) is 6.07 Å². The number of anilines is 1. The van der Waals surface area contributed by atoms with Crippen LogP contribution in [0.4, 0.5) is 5.88 Å². The molecule has 1 heterocycles. The Morgan fingerprint density at radius 3 is 2.56 bits per heavy atom. The molecule has 0 bridgehead atoms. The van der Waals surface area contributed by atoms with E-state index in [1.54, 1.807) is 0 Å². The van der Waals surface area contributed by atoms with Crippen LogP contribution in [0.5, 0.6) is 0 Å². The summed E-state index contributed by atoms with van der Waals surface area (Å²) in [5.41, 5.74) is 4.40. The second kappa shape index (κ2) is 4.04. The SMILES string of the molecule is Cc1ccc(-c2nc(C#N)c(NN)o2)cc1. The van der Waals surface area contributed by atoms with Gasteiger partial charge < -0.3 is 4.42 Å². The Morgan fingerprint density at radius 1 is 1.38 bits per heavy atom. The predicted molar refractivity (Wildman–Crippen MR) is 59.2 cm³/mol. The van der Waals surface area contributed by atoms with Crippen molar-refractivity contribution in [1.29, 1.82) is 5.26 Å². The van der Waals surface area contributed by atoms with Crippen molar-refractivity contribution < 1.29 is 4.42 Å². The highest BCUT2D eigenvalue weighted by Crippen LogP contribution is 2.24. The first-order chi connectivity index (χ1) is 7.74. The summed E-state index contributed by atoms with van der Waals surface area (Å²) in [4.78, 5) is 4.03. The van der Waals surface area contributed by atoms with E-state index in [1.165, 1.54) is 0 Å². The molecule has 5 nitrogen and oxygen atoms in total. The number of rotatable bonds is 2.